The van der Waals surface area contributed by atoms with Crippen LogP contribution in [0, 0.1) is 5.92 Å². The monoisotopic (exact) mass is 337 g/mol. The van der Waals surface area contributed by atoms with Crippen molar-refractivity contribution in [1.82, 2.24) is 14.8 Å². The van der Waals surface area contributed by atoms with Crippen LogP contribution in [0.1, 0.15) is 25.7 Å². The summed E-state index contributed by atoms with van der Waals surface area (Å²) in [5, 5.41) is 14.0. The molecular formula is C9H13Br2N3O. The van der Waals surface area contributed by atoms with Gasteiger partial charge in [0.2, 0.25) is 4.73 Å². The molecule has 0 amide bonds. The summed E-state index contributed by atoms with van der Waals surface area (Å²) in [4.78, 5) is 4.11. The van der Waals surface area contributed by atoms with E-state index < -0.39 is 0 Å². The highest BCUT2D eigenvalue weighted by Gasteiger charge is 2.24. The Balaban J connectivity index is 2.04. The van der Waals surface area contributed by atoms with Gasteiger partial charge in [-0.1, -0.05) is 12.8 Å². The molecule has 0 aromatic carbocycles. The molecule has 1 saturated carbocycles. The molecule has 0 spiro atoms. The first-order chi connectivity index (χ1) is 7.16. The third-order valence-corrected chi connectivity index (χ3v) is 3.80. The number of aromatic nitrogens is 3. The van der Waals surface area contributed by atoms with Crippen molar-refractivity contribution in [3.8, 4) is 0 Å². The van der Waals surface area contributed by atoms with E-state index in [1.165, 1.54) is 6.42 Å². The van der Waals surface area contributed by atoms with Crippen LogP contribution in [-0.2, 0) is 6.54 Å². The number of hydrogen-bond acceptors (Lipinski definition) is 3. The van der Waals surface area contributed by atoms with E-state index in [0.29, 0.717) is 15.4 Å². The Morgan fingerprint density at radius 3 is 2.67 bits per heavy atom. The largest absolute Gasteiger partial charge is 0.393 e. The van der Waals surface area contributed by atoms with E-state index >= 15 is 0 Å². The Kier molecular flexibility index (Phi) is 3.79. The summed E-state index contributed by atoms with van der Waals surface area (Å²) in [5.74, 6) is 0.309. The van der Waals surface area contributed by atoms with Crippen LogP contribution in [0.25, 0.3) is 0 Å². The molecule has 2 atom stereocenters. The molecule has 0 radical (unpaired) electrons. The Bertz CT molecular complexity index is 342. The Morgan fingerprint density at radius 1 is 1.33 bits per heavy atom. The molecule has 0 saturated heterocycles. The SMILES string of the molecule is OC1CCCCC1Cn1nc(Br)nc1Br. The van der Waals surface area contributed by atoms with Gasteiger partial charge in [0.1, 0.15) is 0 Å². The van der Waals surface area contributed by atoms with Gasteiger partial charge in [-0.25, -0.2) is 4.68 Å². The number of hydrogen-bond donors (Lipinski definition) is 1. The van der Waals surface area contributed by atoms with Crippen molar-refractivity contribution in [2.45, 2.75) is 38.3 Å². The van der Waals surface area contributed by atoms with Crippen LogP contribution in [0.2, 0.25) is 0 Å². The maximum atomic E-state index is 9.84. The molecule has 6 heteroatoms. The van der Waals surface area contributed by atoms with Crippen molar-refractivity contribution in [3.63, 3.8) is 0 Å². The summed E-state index contributed by atoms with van der Waals surface area (Å²) in [6.07, 6.45) is 4.15. The van der Waals surface area contributed by atoms with Crippen LogP contribution < -0.4 is 0 Å². The molecule has 15 heavy (non-hydrogen) atoms. The van der Waals surface area contributed by atoms with Crippen LogP contribution >= 0.6 is 31.9 Å². The summed E-state index contributed by atoms with van der Waals surface area (Å²) >= 11 is 6.57. The van der Waals surface area contributed by atoms with Gasteiger partial charge in [-0.05, 0) is 44.7 Å². The Morgan fingerprint density at radius 2 is 2.07 bits per heavy atom. The topological polar surface area (TPSA) is 50.9 Å². The molecule has 84 valence electrons. The lowest BCUT2D eigenvalue weighted by atomic mass is 9.86. The Hall–Kier alpha value is 0.0600. The zero-order chi connectivity index (χ0) is 10.8. The van der Waals surface area contributed by atoms with Crippen LogP contribution in [0.5, 0.6) is 0 Å². The lowest BCUT2D eigenvalue weighted by molar-refractivity contribution is 0.0582. The predicted octanol–water partition coefficient (Wildman–Crippen LogP) is 2.35. The first-order valence-electron chi connectivity index (χ1n) is 5.10. The van der Waals surface area contributed by atoms with Crippen LogP contribution in [0.4, 0.5) is 0 Å². The van der Waals surface area contributed by atoms with E-state index in [1.807, 2.05) is 0 Å². The quantitative estimate of drug-likeness (QED) is 0.900. The third kappa shape index (κ3) is 2.79. The zero-order valence-corrected chi connectivity index (χ0v) is 11.4. The molecule has 0 aliphatic heterocycles. The van der Waals surface area contributed by atoms with Gasteiger partial charge >= 0.3 is 0 Å². The molecular weight excluding hydrogens is 326 g/mol. The van der Waals surface area contributed by atoms with E-state index in [4.69, 9.17) is 0 Å². The fraction of sp³-hybridized carbons (Fsp3) is 0.778. The standard InChI is InChI=1S/C9H13Br2N3O/c10-8-12-9(11)14(13-8)5-6-3-1-2-4-7(6)15/h6-7,15H,1-5H2. The number of nitrogens with zero attached hydrogens (tertiary/aromatic N) is 3. The summed E-state index contributed by atoms with van der Waals surface area (Å²) < 4.78 is 3.09. The molecule has 1 aromatic rings. The van der Waals surface area contributed by atoms with Crippen LogP contribution in [0.15, 0.2) is 9.47 Å². The Labute approximate surface area is 105 Å². The van der Waals surface area contributed by atoms with E-state index in [1.54, 1.807) is 4.68 Å². The third-order valence-electron chi connectivity index (χ3n) is 2.88. The normalized spacial score (nSPS) is 26.9. The molecule has 1 N–H and O–H groups in total. The van der Waals surface area contributed by atoms with E-state index in [-0.39, 0.29) is 6.10 Å². The molecule has 1 aliphatic rings. The second kappa shape index (κ2) is 4.93. The smallest absolute Gasteiger partial charge is 0.218 e. The molecule has 1 aliphatic carbocycles. The van der Waals surface area contributed by atoms with Crippen molar-refractivity contribution in [1.29, 1.82) is 0 Å². The van der Waals surface area contributed by atoms with Gasteiger partial charge in [-0.2, -0.15) is 4.98 Å². The van der Waals surface area contributed by atoms with Gasteiger partial charge in [0, 0.05) is 12.5 Å². The average molecular weight is 339 g/mol. The lowest BCUT2D eigenvalue weighted by Gasteiger charge is -2.27. The van der Waals surface area contributed by atoms with Crippen molar-refractivity contribution in [3.05, 3.63) is 9.47 Å². The van der Waals surface area contributed by atoms with Crippen molar-refractivity contribution in [2.24, 2.45) is 5.92 Å². The minimum Gasteiger partial charge on any atom is -0.393 e. The summed E-state index contributed by atoms with van der Waals surface area (Å²) in [5.41, 5.74) is 0. The fourth-order valence-electron chi connectivity index (χ4n) is 2.04. The van der Waals surface area contributed by atoms with Crippen LogP contribution in [0.3, 0.4) is 0 Å². The van der Waals surface area contributed by atoms with E-state index in [9.17, 15) is 5.11 Å². The molecule has 2 unspecified atom stereocenters. The van der Waals surface area contributed by atoms with Gasteiger partial charge in [0.15, 0.2) is 4.73 Å². The van der Waals surface area contributed by atoms with Crippen molar-refractivity contribution < 1.29 is 5.11 Å². The first kappa shape index (κ1) is 11.5. The minimum absolute atomic E-state index is 0.186. The van der Waals surface area contributed by atoms with E-state index in [2.05, 4.69) is 41.9 Å². The second-order valence-corrected chi connectivity index (χ2v) is 5.36. The maximum absolute atomic E-state index is 9.84. The van der Waals surface area contributed by atoms with Crippen molar-refractivity contribution >= 4 is 31.9 Å². The van der Waals surface area contributed by atoms with Gasteiger partial charge in [0.05, 0.1) is 6.10 Å². The highest BCUT2D eigenvalue weighted by atomic mass is 79.9. The highest BCUT2D eigenvalue weighted by Crippen LogP contribution is 2.26. The predicted molar refractivity (Wildman–Crippen MR) is 63.4 cm³/mol. The zero-order valence-electron chi connectivity index (χ0n) is 8.24. The summed E-state index contributed by atoms with van der Waals surface area (Å²) in [7, 11) is 0. The summed E-state index contributed by atoms with van der Waals surface area (Å²) in [6.45, 7) is 0.736. The molecule has 0 bridgehead atoms. The molecule has 1 heterocycles. The maximum Gasteiger partial charge on any atom is 0.218 e. The molecule has 4 nitrogen and oxygen atoms in total. The fourth-order valence-corrected chi connectivity index (χ4v) is 3.03. The number of aliphatic hydroxyl groups is 1. The minimum atomic E-state index is -0.186. The van der Waals surface area contributed by atoms with E-state index in [0.717, 1.165) is 25.8 Å². The average Bonchev–Trinajstić information content (AvgIpc) is 2.49. The summed E-state index contributed by atoms with van der Waals surface area (Å²) in [6, 6.07) is 0. The first-order valence-corrected chi connectivity index (χ1v) is 6.69. The van der Waals surface area contributed by atoms with Gasteiger partial charge in [0.25, 0.3) is 0 Å². The lowest BCUT2D eigenvalue weighted by Crippen LogP contribution is -2.28. The molecule has 1 fully saturated rings. The highest BCUT2D eigenvalue weighted by molar-refractivity contribution is 9.11. The molecule has 2 rings (SSSR count). The number of rotatable bonds is 2. The van der Waals surface area contributed by atoms with Crippen LogP contribution in [-0.4, -0.2) is 26.0 Å². The number of halogens is 2. The van der Waals surface area contributed by atoms with Gasteiger partial charge in [-0.3, -0.25) is 0 Å². The second-order valence-electron chi connectivity index (χ2n) is 3.94. The van der Waals surface area contributed by atoms with Gasteiger partial charge in [-0.15, -0.1) is 5.10 Å². The van der Waals surface area contributed by atoms with Crippen molar-refractivity contribution in [2.75, 3.05) is 0 Å². The molecule has 1 aromatic heterocycles. The number of aliphatic hydroxyl groups excluding tert-OH is 1. The van der Waals surface area contributed by atoms with Gasteiger partial charge < -0.3 is 5.11 Å².